The summed E-state index contributed by atoms with van der Waals surface area (Å²) in [6.45, 7) is 7.74. The van der Waals surface area contributed by atoms with Crippen molar-refractivity contribution >= 4 is 11.8 Å². The fraction of sp³-hybridized carbons (Fsp3) is 0.600. The standard InChI is InChI=1S/C15H23N3O2/c1-11-5-6-12(18-8-7-16-10-18)9-13(11)17-14(19)20-15(2,3)4/h7-11,13H,5-6H2,1-4H3,(H,17,19). The fourth-order valence-electron chi connectivity index (χ4n) is 2.28. The number of hydrogen-bond acceptors (Lipinski definition) is 3. The average molecular weight is 277 g/mol. The molecule has 1 aliphatic rings. The summed E-state index contributed by atoms with van der Waals surface area (Å²) in [5, 5.41) is 2.95. The maximum Gasteiger partial charge on any atom is 0.408 e. The van der Waals surface area contributed by atoms with Crippen LogP contribution in [0.3, 0.4) is 0 Å². The Morgan fingerprint density at radius 3 is 2.85 bits per heavy atom. The van der Waals surface area contributed by atoms with Crippen molar-refractivity contribution in [3.8, 4) is 0 Å². The average Bonchev–Trinajstić information content (AvgIpc) is 2.83. The van der Waals surface area contributed by atoms with Crippen molar-refractivity contribution < 1.29 is 9.53 Å². The van der Waals surface area contributed by atoms with Gasteiger partial charge in [-0.25, -0.2) is 9.78 Å². The number of carbonyl (C=O) groups is 1. The van der Waals surface area contributed by atoms with Gasteiger partial charge in [-0.1, -0.05) is 6.92 Å². The van der Waals surface area contributed by atoms with Crippen molar-refractivity contribution in [1.82, 2.24) is 14.9 Å². The van der Waals surface area contributed by atoms with Gasteiger partial charge < -0.3 is 14.6 Å². The molecule has 0 bridgehead atoms. The van der Waals surface area contributed by atoms with Crippen molar-refractivity contribution in [2.75, 3.05) is 0 Å². The summed E-state index contributed by atoms with van der Waals surface area (Å²) >= 11 is 0. The summed E-state index contributed by atoms with van der Waals surface area (Å²) in [6, 6.07) is -0.00370. The van der Waals surface area contributed by atoms with Crippen LogP contribution in [-0.4, -0.2) is 27.3 Å². The Labute approximate surface area is 120 Å². The van der Waals surface area contributed by atoms with Gasteiger partial charge >= 0.3 is 6.09 Å². The van der Waals surface area contributed by atoms with Gasteiger partial charge in [0, 0.05) is 18.1 Å². The van der Waals surface area contributed by atoms with Gasteiger partial charge in [0.15, 0.2) is 0 Å². The molecule has 0 aromatic carbocycles. The predicted molar refractivity (Wildman–Crippen MR) is 78.1 cm³/mol. The number of allylic oxidation sites excluding steroid dienone is 1. The molecular formula is C15H23N3O2. The van der Waals surface area contributed by atoms with Gasteiger partial charge in [0.1, 0.15) is 5.60 Å². The van der Waals surface area contributed by atoms with Crippen molar-refractivity contribution in [2.45, 2.75) is 52.2 Å². The van der Waals surface area contributed by atoms with Crippen LogP contribution in [0.5, 0.6) is 0 Å². The maximum atomic E-state index is 11.9. The summed E-state index contributed by atoms with van der Waals surface area (Å²) in [5.41, 5.74) is 0.695. The Balaban J connectivity index is 2.05. The largest absolute Gasteiger partial charge is 0.444 e. The summed E-state index contributed by atoms with van der Waals surface area (Å²) < 4.78 is 7.31. The minimum atomic E-state index is -0.473. The molecule has 20 heavy (non-hydrogen) atoms. The lowest BCUT2D eigenvalue weighted by Gasteiger charge is -2.29. The predicted octanol–water partition coefficient (Wildman–Crippen LogP) is 3.05. The van der Waals surface area contributed by atoms with Crippen LogP contribution < -0.4 is 5.32 Å². The first-order chi connectivity index (χ1) is 9.35. The van der Waals surface area contributed by atoms with Crippen LogP contribution >= 0.6 is 0 Å². The molecule has 5 nitrogen and oxygen atoms in total. The third-order valence-electron chi connectivity index (χ3n) is 3.36. The molecule has 1 amide bonds. The highest BCUT2D eigenvalue weighted by molar-refractivity contribution is 5.69. The lowest BCUT2D eigenvalue weighted by atomic mass is 9.89. The minimum Gasteiger partial charge on any atom is -0.444 e. The number of ether oxygens (including phenoxy) is 1. The van der Waals surface area contributed by atoms with Crippen LogP contribution in [0.4, 0.5) is 4.79 Å². The molecule has 0 fully saturated rings. The molecule has 1 N–H and O–H groups in total. The zero-order valence-corrected chi connectivity index (χ0v) is 12.6. The molecule has 0 saturated heterocycles. The number of aromatic nitrogens is 2. The molecule has 2 unspecified atom stereocenters. The van der Waals surface area contributed by atoms with Crippen LogP contribution in [0.15, 0.2) is 24.8 Å². The van der Waals surface area contributed by atoms with E-state index in [-0.39, 0.29) is 12.1 Å². The number of carbonyl (C=O) groups excluding carboxylic acids is 1. The van der Waals surface area contributed by atoms with Crippen molar-refractivity contribution in [1.29, 1.82) is 0 Å². The Hall–Kier alpha value is -1.78. The van der Waals surface area contributed by atoms with E-state index in [9.17, 15) is 4.79 Å². The Kier molecular flexibility index (Phi) is 4.16. The Bertz CT molecular complexity index is 486. The number of rotatable bonds is 2. The second-order valence-corrected chi connectivity index (χ2v) is 6.32. The Morgan fingerprint density at radius 1 is 1.50 bits per heavy atom. The van der Waals surface area contributed by atoms with Crippen LogP contribution in [0, 0.1) is 5.92 Å². The van der Waals surface area contributed by atoms with E-state index in [1.807, 2.05) is 31.5 Å². The lowest BCUT2D eigenvalue weighted by molar-refractivity contribution is 0.0500. The molecule has 1 heterocycles. The van der Waals surface area contributed by atoms with Gasteiger partial charge in [-0.05, 0) is 45.6 Å². The highest BCUT2D eigenvalue weighted by atomic mass is 16.6. The summed E-state index contributed by atoms with van der Waals surface area (Å²) in [4.78, 5) is 15.9. The molecular weight excluding hydrogens is 254 g/mol. The van der Waals surface area contributed by atoms with E-state index in [4.69, 9.17) is 4.74 Å². The number of nitrogens with one attached hydrogen (secondary N) is 1. The van der Waals surface area contributed by atoms with Crippen LogP contribution in [0.2, 0.25) is 0 Å². The molecule has 2 atom stereocenters. The molecule has 0 radical (unpaired) electrons. The SMILES string of the molecule is CC1CCC(n2ccnc2)=CC1NC(=O)OC(C)(C)C. The van der Waals surface area contributed by atoms with E-state index < -0.39 is 5.60 Å². The zero-order chi connectivity index (χ0) is 14.8. The van der Waals surface area contributed by atoms with Gasteiger partial charge in [-0.3, -0.25) is 0 Å². The number of alkyl carbamates (subject to hydrolysis) is 1. The number of imidazole rings is 1. The summed E-state index contributed by atoms with van der Waals surface area (Å²) in [6.07, 6.45) is 9.22. The molecule has 2 rings (SSSR count). The highest BCUT2D eigenvalue weighted by Crippen LogP contribution is 2.26. The molecule has 5 heteroatoms. The van der Waals surface area contributed by atoms with E-state index in [1.54, 1.807) is 12.5 Å². The number of nitrogens with zero attached hydrogens (tertiary/aromatic N) is 2. The number of hydrogen-bond donors (Lipinski definition) is 1. The second kappa shape index (κ2) is 5.69. The second-order valence-electron chi connectivity index (χ2n) is 6.32. The monoisotopic (exact) mass is 277 g/mol. The molecule has 1 aromatic heterocycles. The van der Waals surface area contributed by atoms with Gasteiger partial charge in [0.25, 0.3) is 0 Å². The number of amides is 1. The first-order valence-electron chi connectivity index (χ1n) is 7.04. The minimum absolute atomic E-state index is 0.00370. The van der Waals surface area contributed by atoms with Crippen molar-refractivity contribution in [2.24, 2.45) is 5.92 Å². The molecule has 1 aliphatic carbocycles. The summed E-state index contributed by atoms with van der Waals surface area (Å²) in [7, 11) is 0. The summed E-state index contributed by atoms with van der Waals surface area (Å²) in [5.74, 6) is 0.398. The van der Waals surface area contributed by atoms with Crippen LogP contribution in [0.1, 0.15) is 40.5 Å². The normalized spacial score (nSPS) is 23.1. The quantitative estimate of drug-likeness (QED) is 0.904. The zero-order valence-electron chi connectivity index (χ0n) is 12.6. The molecule has 0 saturated carbocycles. The van der Waals surface area contributed by atoms with Crippen molar-refractivity contribution in [3.05, 3.63) is 24.8 Å². The van der Waals surface area contributed by atoms with E-state index in [0.29, 0.717) is 5.92 Å². The van der Waals surface area contributed by atoms with Gasteiger partial charge in [0.2, 0.25) is 0 Å². The van der Waals surface area contributed by atoms with Crippen molar-refractivity contribution in [3.63, 3.8) is 0 Å². The van der Waals surface area contributed by atoms with E-state index in [0.717, 1.165) is 12.8 Å². The van der Waals surface area contributed by atoms with E-state index in [2.05, 4.69) is 23.3 Å². The Morgan fingerprint density at radius 2 is 2.25 bits per heavy atom. The van der Waals surface area contributed by atoms with Crippen LogP contribution in [0.25, 0.3) is 5.70 Å². The molecule has 0 aliphatic heterocycles. The topological polar surface area (TPSA) is 56.2 Å². The smallest absolute Gasteiger partial charge is 0.408 e. The third-order valence-corrected chi connectivity index (χ3v) is 3.36. The van der Waals surface area contributed by atoms with Gasteiger partial charge in [-0.15, -0.1) is 0 Å². The third kappa shape index (κ3) is 3.85. The van der Waals surface area contributed by atoms with Gasteiger partial charge in [0.05, 0.1) is 12.4 Å². The maximum absolute atomic E-state index is 11.9. The molecule has 110 valence electrons. The van der Waals surface area contributed by atoms with Gasteiger partial charge in [-0.2, -0.15) is 0 Å². The fourth-order valence-corrected chi connectivity index (χ4v) is 2.28. The first-order valence-corrected chi connectivity index (χ1v) is 7.04. The van der Waals surface area contributed by atoms with E-state index >= 15 is 0 Å². The lowest BCUT2D eigenvalue weighted by Crippen LogP contribution is -2.42. The van der Waals surface area contributed by atoms with Crippen LogP contribution in [-0.2, 0) is 4.74 Å². The first kappa shape index (κ1) is 14.6. The highest BCUT2D eigenvalue weighted by Gasteiger charge is 2.25. The molecule has 0 spiro atoms. The molecule has 1 aromatic rings. The van der Waals surface area contributed by atoms with E-state index in [1.165, 1.54) is 5.70 Å².